The second-order valence-corrected chi connectivity index (χ2v) is 6.99. The smallest absolute Gasteiger partial charge is 0.269 e. The number of carbonyl (C=O) groups is 1. The Morgan fingerprint density at radius 2 is 1.63 bits per heavy atom. The highest BCUT2D eigenvalue weighted by Gasteiger charge is 2.10. The van der Waals surface area contributed by atoms with Crippen LogP contribution in [-0.4, -0.2) is 35.0 Å². The molecule has 0 aliphatic heterocycles. The van der Waals surface area contributed by atoms with E-state index in [1.54, 1.807) is 18.2 Å². The van der Waals surface area contributed by atoms with Gasteiger partial charge in [-0.1, -0.05) is 0 Å². The SMILES string of the molecule is COc1cc(OC)nc(CSc2ccc(NC(=O)c3ccc([N+](=O)[O-])cc3)cc2)n1. The molecule has 2 aromatic carbocycles. The molecule has 0 aliphatic carbocycles. The Bertz CT molecular complexity index is 1020. The van der Waals surface area contributed by atoms with Crippen LogP contribution in [0, 0.1) is 10.1 Å². The molecular weight excluding hydrogens is 408 g/mol. The molecule has 0 saturated carbocycles. The molecule has 0 spiro atoms. The van der Waals surface area contributed by atoms with Crippen molar-refractivity contribution in [3.8, 4) is 11.8 Å². The van der Waals surface area contributed by atoms with Crippen molar-refractivity contribution in [3.05, 3.63) is 76.1 Å². The average Bonchev–Trinajstić information content (AvgIpc) is 2.78. The zero-order valence-electron chi connectivity index (χ0n) is 16.2. The molecule has 0 atom stereocenters. The summed E-state index contributed by atoms with van der Waals surface area (Å²) in [6.45, 7) is 0. The zero-order valence-corrected chi connectivity index (χ0v) is 17.0. The predicted octanol–water partition coefficient (Wildman–Crippen LogP) is 3.95. The highest BCUT2D eigenvalue weighted by atomic mass is 32.2. The van der Waals surface area contributed by atoms with Gasteiger partial charge in [0.2, 0.25) is 11.8 Å². The molecule has 0 unspecified atom stereocenters. The minimum absolute atomic E-state index is 0.0643. The lowest BCUT2D eigenvalue weighted by atomic mass is 10.2. The largest absolute Gasteiger partial charge is 0.481 e. The second-order valence-electron chi connectivity index (χ2n) is 5.94. The number of carbonyl (C=O) groups excluding carboxylic acids is 1. The molecule has 9 nitrogen and oxygen atoms in total. The molecule has 3 aromatic rings. The molecule has 3 rings (SSSR count). The number of hydrogen-bond acceptors (Lipinski definition) is 8. The quantitative estimate of drug-likeness (QED) is 0.327. The lowest BCUT2D eigenvalue weighted by Gasteiger charge is -2.08. The fourth-order valence-corrected chi connectivity index (χ4v) is 3.20. The summed E-state index contributed by atoms with van der Waals surface area (Å²) < 4.78 is 10.3. The Morgan fingerprint density at radius 1 is 1.03 bits per heavy atom. The van der Waals surface area contributed by atoms with Crippen molar-refractivity contribution < 1.29 is 19.2 Å². The van der Waals surface area contributed by atoms with Crippen molar-refractivity contribution in [2.24, 2.45) is 0 Å². The van der Waals surface area contributed by atoms with E-state index >= 15 is 0 Å². The first-order valence-electron chi connectivity index (χ1n) is 8.73. The van der Waals surface area contributed by atoms with Crippen molar-refractivity contribution in [3.63, 3.8) is 0 Å². The number of aromatic nitrogens is 2. The topological polar surface area (TPSA) is 116 Å². The Balaban J connectivity index is 1.59. The number of rotatable bonds is 8. The van der Waals surface area contributed by atoms with Crippen molar-refractivity contribution in [1.82, 2.24) is 9.97 Å². The van der Waals surface area contributed by atoms with E-state index in [0.717, 1.165) is 4.90 Å². The van der Waals surface area contributed by atoms with E-state index in [4.69, 9.17) is 9.47 Å². The zero-order chi connectivity index (χ0) is 21.5. The van der Waals surface area contributed by atoms with E-state index in [1.807, 2.05) is 12.1 Å². The van der Waals surface area contributed by atoms with Gasteiger partial charge in [0.1, 0.15) is 5.82 Å². The van der Waals surface area contributed by atoms with Crippen LogP contribution < -0.4 is 14.8 Å². The van der Waals surface area contributed by atoms with Crippen LogP contribution in [0.2, 0.25) is 0 Å². The van der Waals surface area contributed by atoms with E-state index < -0.39 is 4.92 Å². The number of benzene rings is 2. The van der Waals surface area contributed by atoms with Crippen LogP contribution >= 0.6 is 11.8 Å². The molecule has 0 fully saturated rings. The van der Waals surface area contributed by atoms with Crippen LogP contribution in [0.3, 0.4) is 0 Å². The van der Waals surface area contributed by atoms with Crippen LogP contribution in [-0.2, 0) is 5.75 Å². The maximum Gasteiger partial charge on any atom is 0.269 e. The van der Waals surface area contributed by atoms with Crippen LogP contribution in [0.25, 0.3) is 0 Å². The number of hydrogen-bond donors (Lipinski definition) is 1. The summed E-state index contributed by atoms with van der Waals surface area (Å²) in [6, 6.07) is 14.3. The monoisotopic (exact) mass is 426 g/mol. The van der Waals surface area contributed by atoms with Crippen LogP contribution in [0.5, 0.6) is 11.8 Å². The molecule has 0 radical (unpaired) electrons. The number of amides is 1. The number of nitro groups is 1. The number of nitro benzene ring substituents is 1. The van der Waals surface area contributed by atoms with Crippen molar-refractivity contribution >= 4 is 29.0 Å². The van der Waals surface area contributed by atoms with Gasteiger partial charge in [0, 0.05) is 28.3 Å². The number of nitrogens with one attached hydrogen (secondary N) is 1. The Labute approximate surface area is 176 Å². The van der Waals surface area contributed by atoms with Gasteiger partial charge in [-0.3, -0.25) is 14.9 Å². The molecule has 0 saturated heterocycles. The molecule has 0 aliphatic rings. The van der Waals surface area contributed by atoms with Gasteiger partial charge in [-0.05, 0) is 36.4 Å². The minimum Gasteiger partial charge on any atom is -0.481 e. The van der Waals surface area contributed by atoms with Gasteiger partial charge >= 0.3 is 0 Å². The number of ether oxygens (including phenoxy) is 2. The molecule has 154 valence electrons. The average molecular weight is 426 g/mol. The molecular formula is C20H18N4O5S. The molecule has 1 heterocycles. The summed E-state index contributed by atoms with van der Waals surface area (Å²) in [5.74, 6) is 1.61. The van der Waals surface area contributed by atoms with Gasteiger partial charge < -0.3 is 14.8 Å². The molecule has 1 amide bonds. The summed E-state index contributed by atoms with van der Waals surface area (Å²) in [7, 11) is 3.06. The van der Waals surface area contributed by atoms with Crippen LogP contribution in [0.15, 0.2) is 59.5 Å². The van der Waals surface area contributed by atoms with E-state index in [9.17, 15) is 14.9 Å². The summed E-state index contributed by atoms with van der Waals surface area (Å²) in [5, 5.41) is 13.5. The van der Waals surface area contributed by atoms with Crippen LogP contribution in [0.4, 0.5) is 11.4 Å². The maximum absolute atomic E-state index is 12.3. The predicted molar refractivity (Wildman–Crippen MR) is 112 cm³/mol. The number of non-ortho nitro benzene ring substituents is 1. The maximum atomic E-state index is 12.3. The van der Waals surface area contributed by atoms with Gasteiger partial charge in [0.25, 0.3) is 11.6 Å². The number of anilines is 1. The third-order valence-corrected chi connectivity index (χ3v) is 4.97. The van der Waals surface area contributed by atoms with Crippen molar-refractivity contribution in [1.29, 1.82) is 0 Å². The minimum atomic E-state index is -0.509. The highest BCUT2D eigenvalue weighted by molar-refractivity contribution is 7.98. The van der Waals surface area contributed by atoms with E-state index in [1.165, 1.54) is 50.2 Å². The molecule has 30 heavy (non-hydrogen) atoms. The fraction of sp³-hybridized carbons (Fsp3) is 0.150. The second kappa shape index (κ2) is 9.70. The van der Waals surface area contributed by atoms with Gasteiger partial charge in [-0.25, -0.2) is 0 Å². The summed E-state index contributed by atoms with van der Waals surface area (Å²) in [6.07, 6.45) is 0. The molecule has 0 bridgehead atoms. The van der Waals surface area contributed by atoms with Crippen LogP contribution in [0.1, 0.15) is 16.2 Å². The first kappa shape index (κ1) is 21.1. The van der Waals surface area contributed by atoms with Crippen molar-refractivity contribution in [2.75, 3.05) is 19.5 Å². The van der Waals surface area contributed by atoms with E-state index in [-0.39, 0.29) is 11.6 Å². The van der Waals surface area contributed by atoms with E-state index in [0.29, 0.717) is 34.6 Å². The molecule has 1 N–H and O–H groups in total. The molecule has 10 heteroatoms. The Hall–Kier alpha value is -3.66. The summed E-state index contributed by atoms with van der Waals surface area (Å²) in [5.41, 5.74) is 0.885. The van der Waals surface area contributed by atoms with Gasteiger partial charge in [-0.15, -0.1) is 11.8 Å². The van der Waals surface area contributed by atoms with Gasteiger partial charge in [0.05, 0.1) is 31.0 Å². The first-order valence-corrected chi connectivity index (χ1v) is 9.71. The number of nitrogens with zero attached hydrogens (tertiary/aromatic N) is 3. The van der Waals surface area contributed by atoms with Gasteiger partial charge in [0.15, 0.2) is 0 Å². The van der Waals surface area contributed by atoms with Gasteiger partial charge in [-0.2, -0.15) is 9.97 Å². The third kappa shape index (κ3) is 5.45. The standard InChI is InChI=1S/C20H18N4O5S/c1-28-18-11-19(29-2)23-17(22-18)12-30-16-9-5-14(6-10-16)21-20(25)13-3-7-15(8-4-13)24(26)27/h3-11H,12H2,1-2H3,(H,21,25). The van der Waals surface area contributed by atoms with Crippen molar-refractivity contribution in [2.45, 2.75) is 10.6 Å². The third-order valence-electron chi connectivity index (χ3n) is 3.96. The Morgan fingerprint density at radius 3 is 2.17 bits per heavy atom. The number of thioether (sulfide) groups is 1. The highest BCUT2D eigenvalue weighted by Crippen LogP contribution is 2.25. The fourth-order valence-electron chi connectivity index (χ4n) is 2.44. The molecule has 1 aromatic heterocycles. The summed E-state index contributed by atoms with van der Waals surface area (Å²) in [4.78, 5) is 32.0. The summed E-state index contributed by atoms with van der Waals surface area (Å²) >= 11 is 1.53. The Kier molecular flexibility index (Phi) is 6.81. The lowest BCUT2D eigenvalue weighted by molar-refractivity contribution is -0.384. The van der Waals surface area contributed by atoms with E-state index in [2.05, 4.69) is 15.3 Å². The number of methoxy groups -OCH3 is 2. The normalized spacial score (nSPS) is 10.3. The first-order chi connectivity index (χ1) is 14.5. The lowest BCUT2D eigenvalue weighted by Crippen LogP contribution is -2.11.